The van der Waals surface area contributed by atoms with E-state index >= 15 is 0 Å². The minimum atomic E-state index is -0.587. The maximum Gasteiger partial charge on any atom is 0.311 e. The molecule has 0 aromatic heterocycles. The van der Waals surface area contributed by atoms with Gasteiger partial charge in [-0.3, -0.25) is 14.4 Å². The lowest BCUT2D eigenvalue weighted by Crippen LogP contribution is -2.28. The summed E-state index contributed by atoms with van der Waals surface area (Å²) >= 11 is 5.80. The van der Waals surface area contributed by atoms with Crippen LogP contribution in [0.1, 0.15) is 17.5 Å². The number of hydrogen-bond donors (Lipinski definition) is 1. The third-order valence-corrected chi connectivity index (χ3v) is 4.84. The van der Waals surface area contributed by atoms with Gasteiger partial charge in [-0.15, -0.1) is 0 Å². The van der Waals surface area contributed by atoms with Gasteiger partial charge in [0.05, 0.1) is 5.92 Å². The first-order valence-corrected chi connectivity index (χ1v) is 9.31. The van der Waals surface area contributed by atoms with E-state index in [4.69, 9.17) is 16.3 Å². The molecule has 0 radical (unpaired) electrons. The Balaban J connectivity index is 1.55. The smallest absolute Gasteiger partial charge is 0.311 e. The fraction of sp³-hybridized carbons (Fsp3) is 0.286. The lowest BCUT2D eigenvalue weighted by atomic mass is 10.1. The summed E-state index contributed by atoms with van der Waals surface area (Å²) in [6, 6.07) is 12.5. The van der Waals surface area contributed by atoms with Gasteiger partial charge in [0, 0.05) is 29.4 Å². The number of aryl methyl sites for hydroxylation is 2. The Kier molecular flexibility index (Phi) is 5.99. The van der Waals surface area contributed by atoms with Gasteiger partial charge in [-0.2, -0.15) is 0 Å². The number of amides is 2. The lowest BCUT2D eigenvalue weighted by molar-refractivity contribution is -0.151. The molecule has 2 amide bonds. The summed E-state index contributed by atoms with van der Waals surface area (Å²) in [4.78, 5) is 38.3. The summed E-state index contributed by atoms with van der Waals surface area (Å²) in [5.74, 6) is -1.71. The second-order valence-corrected chi connectivity index (χ2v) is 7.29. The quantitative estimate of drug-likeness (QED) is 0.779. The van der Waals surface area contributed by atoms with Gasteiger partial charge in [0.1, 0.15) is 0 Å². The zero-order chi connectivity index (χ0) is 20.3. The van der Waals surface area contributed by atoms with Crippen molar-refractivity contribution in [2.45, 2.75) is 20.3 Å². The van der Waals surface area contributed by atoms with E-state index in [-0.39, 0.29) is 18.9 Å². The molecule has 7 heteroatoms. The number of benzene rings is 2. The predicted octanol–water partition coefficient (Wildman–Crippen LogP) is 3.49. The van der Waals surface area contributed by atoms with Crippen molar-refractivity contribution in [3.63, 3.8) is 0 Å². The van der Waals surface area contributed by atoms with Crippen molar-refractivity contribution >= 4 is 40.8 Å². The molecular weight excluding hydrogens is 380 g/mol. The molecule has 1 aliphatic rings. The van der Waals surface area contributed by atoms with Crippen molar-refractivity contribution < 1.29 is 19.1 Å². The number of carbonyl (C=O) groups is 3. The van der Waals surface area contributed by atoms with Crippen molar-refractivity contribution in [2.24, 2.45) is 5.92 Å². The van der Waals surface area contributed by atoms with Crippen LogP contribution in [0.2, 0.25) is 5.02 Å². The summed E-state index contributed by atoms with van der Waals surface area (Å²) in [6.07, 6.45) is 0.0744. The maximum absolute atomic E-state index is 12.4. The van der Waals surface area contributed by atoms with E-state index in [0.717, 1.165) is 16.8 Å². The third-order valence-electron chi connectivity index (χ3n) is 4.59. The topological polar surface area (TPSA) is 75.7 Å². The number of hydrogen-bond acceptors (Lipinski definition) is 4. The first-order valence-electron chi connectivity index (χ1n) is 8.93. The normalized spacial score (nSPS) is 16.2. The molecule has 0 aliphatic carbocycles. The second kappa shape index (κ2) is 8.44. The molecule has 0 spiro atoms. The van der Waals surface area contributed by atoms with Crippen molar-refractivity contribution in [1.82, 2.24) is 0 Å². The monoisotopic (exact) mass is 400 g/mol. The zero-order valence-corrected chi connectivity index (χ0v) is 16.5. The average molecular weight is 401 g/mol. The Morgan fingerprint density at radius 3 is 2.61 bits per heavy atom. The van der Waals surface area contributed by atoms with Crippen molar-refractivity contribution in [3.8, 4) is 0 Å². The van der Waals surface area contributed by atoms with Crippen LogP contribution < -0.4 is 10.2 Å². The van der Waals surface area contributed by atoms with Crippen LogP contribution in [0.5, 0.6) is 0 Å². The molecule has 1 atom stereocenters. The number of rotatable bonds is 5. The Bertz CT molecular complexity index is 911. The summed E-state index contributed by atoms with van der Waals surface area (Å²) in [6.45, 7) is 3.72. The average Bonchev–Trinajstić information content (AvgIpc) is 3.05. The van der Waals surface area contributed by atoms with Gasteiger partial charge in [0.15, 0.2) is 6.61 Å². The number of halogens is 1. The lowest BCUT2D eigenvalue weighted by Gasteiger charge is -2.19. The molecule has 1 N–H and O–H groups in total. The van der Waals surface area contributed by atoms with E-state index in [1.807, 2.05) is 32.0 Å². The highest BCUT2D eigenvalue weighted by Crippen LogP contribution is 2.29. The van der Waals surface area contributed by atoms with Crippen LogP contribution in [0.25, 0.3) is 0 Å². The maximum atomic E-state index is 12.4. The van der Waals surface area contributed by atoms with Gasteiger partial charge >= 0.3 is 5.97 Å². The van der Waals surface area contributed by atoms with Crippen molar-refractivity contribution in [1.29, 1.82) is 0 Å². The molecule has 0 bridgehead atoms. The predicted molar refractivity (Wildman–Crippen MR) is 107 cm³/mol. The number of nitrogens with one attached hydrogen (secondary N) is 1. The Morgan fingerprint density at radius 1 is 1.18 bits per heavy atom. The van der Waals surface area contributed by atoms with Gasteiger partial charge < -0.3 is 15.0 Å². The van der Waals surface area contributed by atoms with Gasteiger partial charge in [-0.05, 0) is 55.3 Å². The molecule has 1 aliphatic heterocycles. The highest BCUT2D eigenvalue weighted by Gasteiger charge is 2.36. The number of anilines is 2. The van der Waals surface area contributed by atoms with Crippen LogP contribution >= 0.6 is 11.6 Å². The van der Waals surface area contributed by atoms with E-state index in [1.165, 1.54) is 0 Å². The third kappa shape index (κ3) is 4.70. The largest absolute Gasteiger partial charge is 0.455 e. The molecule has 1 heterocycles. The van der Waals surface area contributed by atoms with Gasteiger partial charge in [0.25, 0.3) is 5.91 Å². The van der Waals surface area contributed by atoms with E-state index in [2.05, 4.69) is 5.32 Å². The first kappa shape index (κ1) is 19.9. The SMILES string of the molecule is Cc1ccc(C)c(N2C[C@H](C(=O)OCC(=O)Nc3ccc(Cl)cc3)CC2=O)c1. The summed E-state index contributed by atoms with van der Waals surface area (Å²) in [5, 5.41) is 3.18. The van der Waals surface area contributed by atoms with E-state index in [0.29, 0.717) is 10.7 Å². The second-order valence-electron chi connectivity index (χ2n) is 6.86. The molecule has 2 aromatic carbocycles. The number of nitrogens with zero attached hydrogens (tertiary/aromatic N) is 1. The molecular formula is C21H21ClN2O4. The van der Waals surface area contributed by atoms with Gasteiger partial charge in [0.2, 0.25) is 5.91 Å². The molecule has 3 rings (SSSR count). The molecule has 0 unspecified atom stereocenters. The fourth-order valence-electron chi connectivity index (χ4n) is 3.09. The van der Waals surface area contributed by atoms with Crippen LogP contribution in [-0.4, -0.2) is 30.9 Å². The van der Waals surface area contributed by atoms with Crippen molar-refractivity contribution in [2.75, 3.05) is 23.4 Å². The summed E-state index contributed by atoms with van der Waals surface area (Å²) in [5.41, 5.74) is 3.37. The molecule has 1 saturated heterocycles. The Morgan fingerprint density at radius 2 is 1.89 bits per heavy atom. The highest BCUT2D eigenvalue weighted by atomic mass is 35.5. The van der Waals surface area contributed by atoms with Crippen LogP contribution in [0.3, 0.4) is 0 Å². The van der Waals surface area contributed by atoms with E-state index in [1.54, 1.807) is 29.2 Å². The van der Waals surface area contributed by atoms with Gasteiger partial charge in [-0.25, -0.2) is 0 Å². The first-order chi connectivity index (χ1) is 13.3. The standard InChI is InChI=1S/C21H21ClN2O4/c1-13-3-4-14(2)18(9-13)24-11-15(10-20(24)26)21(27)28-12-19(25)23-17-7-5-16(22)6-8-17/h3-9,15H,10-12H2,1-2H3,(H,23,25)/t15-/m1/s1. The minimum Gasteiger partial charge on any atom is -0.455 e. The van der Waals surface area contributed by atoms with Crippen LogP contribution in [-0.2, 0) is 19.1 Å². The van der Waals surface area contributed by atoms with Crippen molar-refractivity contribution in [3.05, 3.63) is 58.6 Å². The highest BCUT2D eigenvalue weighted by molar-refractivity contribution is 6.30. The number of esters is 1. The molecule has 28 heavy (non-hydrogen) atoms. The summed E-state index contributed by atoms with van der Waals surface area (Å²) < 4.78 is 5.11. The Labute approximate surface area is 168 Å². The zero-order valence-electron chi connectivity index (χ0n) is 15.7. The molecule has 2 aromatic rings. The van der Waals surface area contributed by atoms with E-state index < -0.39 is 24.4 Å². The van der Waals surface area contributed by atoms with Crippen LogP contribution in [0, 0.1) is 19.8 Å². The molecule has 0 saturated carbocycles. The molecule has 6 nitrogen and oxygen atoms in total. The minimum absolute atomic E-state index is 0.0744. The molecule has 1 fully saturated rings. The van der Waals surface area contributed by atoms with E-state index in [9.17, 15) is 14.4 Å². The summed E-state index contributed by atoms with van der Waals surface area (Å²) in [7, 11) is 0. The van der Waals surface area contributed by atoms with Gasteiger partial charge in [-0.1, -0.05) is 23.7 Å². The Hall–Kier alpha value is -2.86. The fourth-order valence-corrected chi connectivity index (χ4v) is 3.22. The molecule has 146 valence electrons. The number of ether oxygens (including phenoxy) is 1. The van der Waals surface area contributed by atoms with Crippen LogP contribution in [0.15, 0.2) is 42.5 Å². The van der Waals surface area contributed by atoms with Crippen LogP contribution in [0.4, 0.5) is 11.4 Å². The number of carbonyl (C=O) groups excluding carboxylic acids is 3.